The van der Waals surface area contributed by atoms with Gasteiger partial charge in [-0.25, -0.2) is 0 Å². The normalized spacial score (nSPS) is 35.4. The lowest BCUT2D eigenvalue weighted by Gasteiger charge is -2.40. The number of benzene rings is 1. The van der Waals surface area contributed by atoms with Crippen LogP contribution in [0.3, 0.4) is 0 Å². The molecule has 0 bridgehead atoms. The van der Waals surface area contributed by atoms with Crippen molar-refractivity contribution in [3.8, 4) is 0 Å². The summed E-state index contributed by atoms with van der Waals surface area (Å²) in [4.78, 5) is 0. The highest BCUT2D eigenvalue weighted by Gasteiger charge is 2.44. The first-order valence-corrected chi connectivity index (χ1v) is 6.79. The molecule has 3 unspecified atom stereocenters. The maximum Gasteiger partial charge on any atom is 0.0866 e. The lowest BCUT2D eigenvalue weighted by atomic mass is 9.76. The van der Waals surface area contributed by atoms with Gasteiger partial charge in [-0.1, -0.05) is 24.3 Å². The van der Waals surface area contributed by atoms with E-state index in [9.17, 15) is 5.11 Å². The van der Waals surface area contributed by atoms with E-state index in [1.165, 1.54) is 11.1 Å². The Balaban J connectivity index is 1.87. The number of ether oxygens (including phenoxy) is 1. The van der Waals surface area contributed by atoms with Crippen molar-refractivity contribution in [3.05, 3.63) is 35.4 Å². The van der Waals surface area contributed by atoms with Crippen LogP contribution in [0.25, 0.3) is 0 Å². The molecule has 1 aliphatic heterocycles. The van der Waals surface area contributed by atoms with Crippen LogP contribution >= 0.6 is 0 Å². The van der Waals surface area contributed by atoms with Crippen molar-refractivity contribution in [3.63, 3.8) is 0 Å². The van der Waals surface area contributed by atoms with Gasteiger partial charge in [0.1, 0.15) is 0 Å². The zero-order valence-electron chi connectivity index (χ0n) is 10.9. The molecule has 1 saturated carbocycles. The number of aliphatic hydroxyl groups is 1. The summed E-state index contributed by atoms with van der Waals surface area (Å²) in [5.74, 6) is 0. The summed E-state index contributed by atoms with van der Waals surface area (Å²) in [5.41, 5.74) is 1.91. The molecular weight excluding hydrogens is 226 g/mol. The number of hydrogen-bond donors (Lipinski definition) is 2. The number of nitrogens with one attached hydrogen (secondary N) is 1. The molecule has 0 amide bonds. The smallest absolute Gasteiger partial charge is 0.0866 e. The third-order valence-electron chi connectivity index (χ3n) is 4.45. The second-order valence-electron chi connectivity index (χ2n) is 5.57. The van der Waals surface area contributed by atoms with Crippen LogP contribution in [0.5, 0.6) is 0 Å². The highest BCUT2D eigenvalue weighted by molar-refractivity contribution is 5.36. The Morgan fingerprint density at radius 3 is 3.06 bits per heavy atom. The molecule has 1 heterocycles. The second kappa shape index (κ2) is 4.65. The standard InChI is InChI=1S/C15H21NO2/c1-18-12-6-4-8-15(17,9-12)14-13-7-3-2-5-11(13)10-16-14/h2-3,5,7,12,14,16-17H,4,6,8-10H2,1H3. The molecule has 1 aromatic rings. The average molecular weight is 247 g/mol. The van der Waals surface area contributed by atoms with Gasteiger partial charge in [-0.05, 0) is 30.4 Å². The van der Waals surface area contributed by atoms with Crippen LogP contribution < -0.4 is 5.32 Å². The zero-order valence-corrected chi connectivity index (χ0v) is 10.9. The monoisotopic (exact) mass is 247 g/mol. The second-order valence-corrected chi connectivity index (χ2v) is 5.57. The van der Waals surface area contributed by atoms with Gasteiger partial charge >= 0.3 is 0 Å². The Morgan fingerprint density at radius 2 is 2.22 bits per heavy atom. The van der Waals surface area contributed by atoms with Crippen LogP contribution in [0, 0.1) is 0 Å². The van der Waals surface area contributed by atoms with Gasteiger partial charge in [-0.15, -0.1) is 0 Å². The fraction of sp³-hybridized carbons (Fsp3) is 0.600. The molecule has 0 aromatic heterocycles. The van der Waals surface area contributed by atoms with Gasteiger partial charge in [0.25, 0.3) is 0 Å². The first-order valence-electron chi connectivity index (χ1n) is 6.79. The van der Waals surface area contributed by atoms with Crippen molar-refractivity contribution >= 4 is 0 Å². The molecule has 0 radical (unpaired) electrons. The van der Waals surface area contributed by atoms with Gasteiger partial charge in [-0.3, -0.25) is 0 Å². The maximum atomic E-state index is 11.0. The SMILES string of the molecule is COC1CCCC(O)(C2NCc3ccccc32)C1. The Labute approximate surface area is 108 Å². The van der Waals surface area contributed by atoms with Crippen LogP contribution in [-0.2, 0) is 11.3 Å². The van der Waals surface area contributed by atoms with Gasteiger partial charge in [0, 0.05) is 20.1 Å². The summed E-state index contributed by atoms with van der Waals surface area (Å²) in [6, 6.07) is 8.45. The highest BCUT2D eigenvalue weighted by Crippen LogP contribution is 2.42. The number of rotatable bonds is 2. The van der Waals surface area contributed by atoms with E-state index in [0.29, 0.717) is 0 Å². The summed E-state index contributed by atoms with van der Waals surface area (Å²) in [5, 5.41) is 14.4. The van der Waals surface area contributed by atoms with Gasteiger partial charge < -0.3 is 15.2 Å². The van der Waals surface area contributed by atoms with E-state index < -0.39 is 5.60 Å². The number of fused-ring (bicyclic) bond motifs is 1. The molecule has 3 nitrogen and oxygen atoms in total. The van der Waals surface area contributed by atoms with Crippen LogP contribution in [0.4, 0.5) is 0 Å². The molecule has 0 spiro atoms. The van der Waals surface area contributed by atoms with Gasteiger partial charge in [-0.2, -0.15) is 0 Å². The van der Waals surface area contributed by atoms with Crippen molar-refractivity contribution in [2.24, 2.45) is 0 Å². The summed E-state index contributed by atoms with van der Waals surface area (Å²) >= 11 is 0. The Bertz CT molecular complexity index is 434. The fourth-order valence-corrected chi connectivity index (χ4v) is 3.48. The molecule has 0 saturated heterocycles. The Morgan fingerprint density at radius 1 is 1.39 bits per heavy atom. The van der Waals surface area contributed by atoms with E-state index in [0.717, 1.165) is 32.2 Å². The van der Waals surface area contributed by atoms with E-state index in [4.69, 9.17) is 4.74 Å². The van der Waals surface area contributed by atoms with Crippen molar-refractivity contribution in [1.29, 1.82) is 0 Å². The molecule has 1 aliphatic carbocycles. The molecule has 2 aliphatic rings. The van der Waals surface area contributed by atoms with Crippen LogP contribution in [-0.4, -0.2) is 23.9 Å². The predicted molar refractivity (Wildman–Crippen MR) is 70.2 cm³/mol. The molecule has 3 rings (SSSR count). The summed E-state index contributed by atoms with van der Waals surface area (Å²) in [6.07, 6.45) is 3.88. The third-order valence-corrected chi connectivity index (χ3v) is 4.45. The lowest BCUT2D eigenvalue weighted by molar-refractivity contribution is -0.0796. The fourth-order valence-electron chi connectivity index (χ4n) is 3.48. The predicted octanol–water partition coefficient (Wildman–Crippen LogP) is 2.15. The quantitative estimate of drug-likeness (QED) is 0.841. The minimum atomic E-state index is -0.661. The number of methoxy groups -OCH3 is 1. The molecule has 18 heavy (non-hydrogen) atoms. The summed E-state index contributed by atoms with van der Waals surface area (Å²) in [6.45, 7) is 0.862. The zero-order chi connectivity index (χ0) is 12.6. The lowest BCUT2D eigenvalue weighted by Crippen LogP contribution is -2.46. The van der Waals surface area contributed by atoms with E-state index in [1.54, 1.807) is 7.11 Å². The minimum Gasteiger partial charge on any atom is -0.388 e. The van der Waals surface area contributed by atoms with E-state index in [2.05, 4.69) is 29.6 Å². The molecular formula is C15H21NO2. The van der Waals surface area contributed by atoms with Crippen molar-refractivity contribution in [2.45, 2.75) is 50.0 Å². The van der Waals surface area contributed by atoms with Crippen LogP contribution in [0.2, 0.25) is 0 Å². The van der Waals surface area contributed by atoms with E-state index in [1.807, 2.05) is 0 Å². The van der Waals surface area contributed by atoms with Crippen LogP contribution in [0.15, 0.2) is 24.3 Å². The van der Waals surface area contributed by atoms with Gasteiger partial charge in [0.15, 0.2) is 0 Å². The largest absolute Gasteiger partial charge is 0.388 e. The molecule has 2 N–H and O–H groups in total. The van der Waals surface area contributed by atoms with Crippen molar-refractivity contribution in [2.75, 3.05) is 7.11 Å². The third kappa shape index (κ3) is 1.96. The summed E-state index contributed by atoms with van der Waals surface area (Å²) in [7, 11) is 1.74. The molecule has 1 aromatic carbocycles. The summed E-state index contributed by atoms with van der Waals surface area (Å²) < 4.78 is 5.45. The minimum absolute atomic E-state index is 0.0617. The molecule has 3 heteroatoms. The topological polar surface area (TPSA) is 41.5 Å². The average Bonchev–Trinajstić information content (AvgIpc) is 2.83. The van der Waals surface area contributed by atoms with Crippen molar-refractivity contribution in [1.82, 2.24) is 5.32 Å². The van der Waals surface area contributed by atoms with E-state index in [-0.39, 0.29) is 12.1 Å². The van der Waals surface area contributed by atoms with Gasteiger partial charge in [0.05, 0.1) is 17.7 Å². The van der Waals surface area contributed by atoms with Crippen molar-refractivity contribution < 1.29 is 9.84 Å². The molecule has 3 atom stereocenters. The number of hydrogen-bond acceptors (Lipinski definition) is 3. The highest BCUT2D eigenvalue weighted by atomic mass is 16.5. The first-order chi connectivity index (χ1) is 8.73. The molecule has 1 fully saturated rings. The van der Waals surface area contributed by atoms with E-state index >= 15 is 0 Å². The van der Waals surface area contributed by atoms with Crippen LogP contribution in [0.1, 0.15) is 42.9 Å². The molecule has 98 valence electrons. The maximum absolute atomic E-state index is 11.0. The van der Waals surface area contributed by atoms with Gasteiger partial charge in [0.2, 0.25) is 0 Å². The Hall–Kier alpha value is -0.900. The Kier molecular flexibility index (Phi) is 3.14. The first kappa shape index (κ1) is 12.2.